The normalized spacial score (nSPS) is 15.4. The number of hydrogen-bond donors (Lipinski definition) is 1. The number of benzene rings is 1. The highest BCUT2D eigenvalue weighted by Gasteiger charge is 2.20. The largest absolute Gasteiger partial charge is 0.495 e. The van der Waals surface area contributed by atoms with Crippen molar-refractivity contribution >= 4 is 27.9 Å². The second-order valence-electron chi connectivity index (χ2n) is 7.45. The van der Waals surface area contributed by atoms with E-state index >= 15 is 0 Å². The number of nitrogens with zero attached hydrogens (tertiary/aromatic N) is 4. The standard InChI is InChI=1S/C21H25N5O3S/c1-15-3-4-18(29-2)17(11-15)23-19(27)14-25-7-5-24(6-8-25)13-16-12-20(28)26-9-10-30-21(26)22-16/h3-4,9-12H,5-8,13-14H2,1-2H3,(H,23,27). The molecule has 0 bridgehead atoms. The maximum absolute atomic E-state index is 12.5. The van der Waals surface area contributed by atoms with E-state index in [0.29, 0.717) is 24.5 Å². The quantitative estimate of drug-likeness (QED) is 0.647. The maximum atomic E-state index is 12.5. The van der Waals surface area contributed by atoms with Gasteiger partial charge in [-0.25, -0.2) is 4.98 Å². The van der Waals surface area contributed by atoms with E-state index in [1.165, 1.54) is 11.3 Å². The first-order valence-electron chi connectivity index (χ1n) is 9.87. The fourth-order valence-corrected chi connectivity index (χ4v) is 4.35. The lowest BCUT2D eigenvalue weighted by Crippen LogP contribution is -2.48. The zero-order valence-corrected chi connectivity index (χ0v) is 17.9. The number of carbonyl (C=O) groups is 1. The van der Waals surface area contributed by atoms with Crippen molar-refractivity contribution in [1.82, 2.24) is 19.2 Å². The Labute approximate surface area is 178 Å². The molecule has 1 amide bonds. The van der Waals surface area contributed by atoms with Gasteiger partial charge in [0.15, 0.2) is 4.96 Å². The number of thiazole rings is 1. The molecule has 0 atom stereocenters. The van der Waals surface area contributed by atoms with E-state index < -0.39 is 0 Å². The molecule has 158 valence electrons. The number of aromatic nitrogens is 2. The summed E-state index contributed by atoms with van der Waals surface area (Å²) in [7, 11) is 1.60. The summed E-state index contributed by atoms with van der Waals surface area (Å²) < 4.78 is 6.89. The second kappa shape index (κ2) is 8.95. The minimum Gasteiger partial charge on any atom is -0.495 e. The van der Waals surface area contributed by atoms with Crippen LogP contribution in [0.25, 0.3) is 4.96 Å². The molecule has 1 aromatic carbocycles. The molecule has 30 heavy (non-hydrogen) atoms. The number of piperazine rings is 1. The van der Waals surface area contributed by atoms with Gasteiger partial charge in [-0.15, -0.1) is 11.3 Å². The number of anilines is 1. The van der Waals surface area contributed by atoms with Crippen LogP contribution in [0.1, 0.15) is 11.3 Å². The summed E-state index contributed by atoms with van der Waals surface area (Å²) in [5.74, 6) is 0.607. The number of nitrogens with one attached hydrogen (secondary N) is 1. The molecule has 0 spiro atoms. The van der Waals surface area contributed by atoms with Crippen molar-refractivity contribution in [3.63, 3.8) is 0 Å². The predicted octanol–water partition coefficient (Wildman–Crippen LogP) is 1.83. The van der Waals surface area contributed by atoms with Crippen LogP contribution < -0.4 is 15.6 Å². The number of hydrogen-bond acceptors (Lipinski definition) is 7. The van der Waals surface area contributed by atoms with Gasteiger partial charge in [-0.3, -0.25) is 23.8 Å². The summed E-state index contributed by atoms with van der Waals surface area (Å²) in [5, 5.41) is 4.82. The van der Waals surface area contributed by atoms with Crippen LogP contribution in [0.15, 0.2) is 40.6 Å². The minimum absolute atomic E-state index is 0.0434. The van der Waals surface area contributed by atoms with Crippen LogP contribution in [0, 0.1) is 6.92 Å². The molecule has 3 heterocycles. The van der Waals surface area contributed by atoms with Crippen molar-refractivity contribution in [2.24, 2.45) is 0 Å². The Morgan fingerprint density at radius 3 is 2.73 bits per heavy atom. The Kier molecular flexibility index (Phi) is 6.12. The van der Waals surface area contributed by atoms with Gasteiger partial charge in [0.25, 0.3) is 5.56 Å². The van der Waals surface area contributed by atoms with E-state index in [9.17, 15) is 9.59 Å². The van der Waals surface area contributed by atoms with Crippen molar-refractivity contribution < 1.29 is 9.53 Å². The molecule has 1 fully saturated rings. The van der Waals surface area contributed by atoms with E-state index in [1.54, 1.807) is 23.8 Å². The molecule has 8 nitrogen and oxygen atoms in total. The van der Waals surface area contributed by atoms with Gasteiger partial charge in [-0.05, 0) is 24.6 Å². The molecular weight excluding hydrogens is 402 g/mol. The van der Waals surface area contributed by atoms with E-state index in [4.69, 9.17) is 4.74 Å². The van der Waals surface area contributed by atoms with Gasteiger partial charge < -0.3 is 10.1 Å². The third kappa shape index (κ3) is 4.69. The van der Waals surface area contributed by atoms with Crippen LogP contribution >= 0.6 is 11.3 Å². The molecule has 0 saturated carbocycles. The maximum Gasteiger partial charge on any atom is 0.258 e. The monoisotopic (exact) mass is 427 g/mol. The van der Waals surface area contributed by atoms with E-state index in [1.807, 2.05) is 30.5 Å². The molecule has 0 radical (unpaired) electrons. The van der Waals surface area contributed by atoms with E-state index in [2.05, 4.69) is 20.1 Å². The number of rotatable bonds is 6. The first-order valence-corrected chi connectivity index (χ1v) is 10.7. The first-order chi connectivity index (χ1) is 14.5. The highest BCUT2D eigenvalue weighted by Crippen LogP contribution is 2.25. The smallest absolute Gasteiger partial charge is 0.258 e. The van der Waals surface area contributed by atoms with Gasteiger partial charge in [0.2, 0.25) is 5.91 Å². The lowest BCUT2D eigenvalue weighted by atomic mass is 10.2. The number of amides is 1. The molecule has 1 aliphatic rings. The van der Waals surface area contributed by atoms with Gasteiger partial charge in [0.1, 0.15) is 5.75 Å². The molecule has 3 aromatic rings. The molecule has 4 rings (SSSR count). The molecule has 0 aliphatic carbocycles. The van der Waals surface area contributed by atoms with Crippen molar-refractivity contribution in [3.05, 3.63) is 57.5 Å². The third-order valence-electron chi connectivity index (χ3n) is 5.20. The lowest BCUT2D eigenvalue weighted by Gasteiger charge is -2.34. The molecule has 2 aromatic heterocycles. The average Bonchev–Trinajstić information content (AvgIpc) is 3.19. The average molecular weight is 428 g/mol. The lowest BCUT2D eigenvalue weighted by molar-refractivity contribution is -0.117. The van der Waals surface area contributed by atoms with Crippen LogP contribution in [-0.4, -0.2) is 64.9 Å². The summed E-state index contributed by atoms with van der Waals surface area (Å²) in [6.07, 6.45) is 1.75. The van der Waals surface area contributed by atoms with Crippen LogP contribution in [0.2, 0.25) is 0 Å². The van der Waals surface area contributed by atoms with Crippen LogP contribution in [0.4, 0.5) is 5.69 Å². The highest BCUT2D eigenvalue weighted by atomic mass is 32.1. The number of ether oxygens (including phenoxy) is 1. The molecular formula is C21H25N5O3S. The fourth-order valence-electron chi connectivity index (χ4n) is 3.62. The Hall–Kier alpha value is -2.75. The summed E-state index contributed by atoms with van der Waals surface area (Å²) in [6.45, 7) is 6.19. The van der Waals surface area contributed by atoms with Crippen LogP contribution in [0.5, 0.6) is 5.75 Å². The van der Waals surface area contributed by atoms with Gasteiger partial charge in [-0.2, -0.15) is 0 Å². The third-order valence-corrected chi connectivity index (χ3v) is 5.96. The zero-order chi connectivity index (χ0) is 21.1. The van der Waals surface area contributed by atoms with E-state index in [0.717, 1.165) is 42.4 Å². The number of methoxy groups -OCH3 is 1. The van der Waals surface area contributed by atoms with Gasteiger partial charge >= 0.3 is 0 Å². The predicted molar refractivity (Wildman–Crippen MR) is 117 cm³/mol. The van der Waals surface area contributed by atoms with Crippen molar-refractivity contribution in [2.75, 3.05) is 45.2 Å². The SMILES string of the molecule is COc1ccc(C)cc1NC(=O)CN1CCN(Cc2cc(=O)n3ccsc3n2)CC1. The van der Waals surface area contributed by atoms with Gasteiger partial charge in [0.05, 0.1) is 25.0 Å². The summed E-state index contributed by atoms with van der Waals surface area (Å²) in [6, 6.07) is 7.33. The first kappa shape index (κ1) is 20.5. The van der Waals surface area contributed by atoms with E-state index in [-0.39, 0.29) is 11.5 Å². The second-order valence-corrected chi connectivity index (χ2v) is 8.32. The summed E-state index contributed by atoms with van der Waals surface area (Å²) >= 11 is 1.46. The molecule has 1 saturated heterocycles. The summed E-state index contributed by atoms with van der Waals surface area (Å²) in [4.78, 5) is 34.3. The van der Waals surface area contributed by atoms with Crippen LogP contribution in [0.3, 0.4) is 0 Å². The highest BCUT2D eigenvalue weighted by molar-refractivity contribution is 7.15. The zero-order valence-electron chi connectivity index (χ0n) is 17.1. The molecule has 0 unspecified atom stereocenters. The minimum atomic E-state index is -0.0508. The topological polar surface area (TPSA) is 79.2 Å². The Morgan fingerprint density at radius 2 is 1.97 bits per heavy atom. The fraction of sp³-hybridized carbons (Fsp3) is 0.381. The number of carbonyl (C=O) groups excluding carboxylic acids is 1. The Morgan fingerprint density at radius 1 is 1.20 bits per heavy atom. The van der Waals surface area contributed by atoms with Crippen molar-refractivity contribution in [3.8, 4) is 5.75 Å². The van der Waals surface area contributed by atoms with Crippen molar-refractivity contribution in [2.45, 2.75) is 13.5 Å². The summed E-state index contributed by atoms with van der Waals surface area (Å²) in [5.41, 5.74) is 2.51. The van der Waals surface area contributed by atoms with Crippen LogP contribution in [-0.2, 0) is 11.3 Å². The molecule has 1 aliphatic heterocycles. The molecule has 9 heteroatoms. The Bertz CT molecular complexity index is 1100. The molecule has 1 N–H and O–H groups in total. The van der Waals surface area contributed by atoms with Crippen molar-refractivity contribution in [1.29, 1.82) is 0 Å². The number of aryl methyl sites for hydroxylation is 1. The van der Waals surface area contributed by atoms with Gasteiger partial charge in [-0.1, -0.05) is 6.07 Å². The van der Waals surface area contributed by atoms with Gasteiger partial charge in [0, 0.05) is 50.4 Å². The Balaban J connectivity index is 1.29. The number of fused-ring (bicyclic) bond motifs is 1.